The van der Waals surface area contributed by atoms with Crippen LogP contribution in [0.15, 0.2) is 48.5 Å². The van der Waals surface area contributed by atoms with Gasteiger partial charge in [-0.1, -0.05) is 41.9 Å². The van der Waals surface area contributed by atoms with E-state index in [-0.39, 0.29) is 19.6 Å². The highest BCUT2D eigenvalue weighted by Crippen LogP contribution is 2.18. The van der Waals surface area contributed by atoms with Crippen LogP contribution in [-0.4, -0.2) is 38.0 Å². The van der Waals surface area contributed by atoms with Crippen molar-refractivity contribution in [3.05, 3.63) is 64.7 Å². The molecule has 0 aliphatic carbocycles. The van der Waals surface area contributed by atoms with Crippen LogP contribution in [-0.2, 0) is 27.9 Å². The van der Waals surface area contributed by atoms with Gasteiger partial charge in [0.05, 0.1) is 19.4 Å². The molecule has 0 bridgehead atoms. The van der Waals surface area contributed by atoms with Crippen molar-refractivity contribution in [3.8, 4) is 5.75 Å². The third-order valence-corrected chi connectivity index (χ3v) is 5.36. The molecule has 0 unspecified atom stereocenters. The summed E-state index contributed by atoms with van der Waals surface area (Å²) in [7, 11) is -3.58. The minimum atomic E-state index is -3.58. The Hall–Kier alpha value is -2.09. The lowest BCUT2D eigenvalue weighted by Gasteiger charge is -2.20. The molecule has 0 radical (unpaired) electrons. The molecule has 2 aromatic rings. The van der Waals surface area contributed by atoms with Gasteiger partial charge in [0.1, 0.15) is 5.75 Å². The zero-order chi connectivity index (χ0) is 19.9. The Bertz CT molecular complexity index is 887. The number of rotatable bonds is 9. The van der Waals surface area contributed by atoms with Gasteiger partial charge in [-0.25, -0.2) is 8.42 Å². The number of benzene rings is 2. The van der Waals surface area contributed by atoms with E-state index in [0.29, 0.717) is 17.2 Å². The molecule has 0 saturated heterocycles. The van der Waals surface area contributed by atoms with Crippen LogP contribution in [0.2, 0.25) is 5.02 Å². The fraction of sp³-hybridized carbons (Fsp3) is 0.316. The number of ether oxygens (including phenoxy) is 1. The number of hydrogen-bond donors (Lipinski definition) is 1. The Labute approximate surface area is 165 Å². The summed E-state index contributed by atoms with van der Waals surface area (Å²) in [5.74, 6) is 0.329. The second kappa shape index (κ2) is 9.73. The van der Waals surface area contributed by atoms with E-state index >= 15 is 0 Å². The highest BCUT2D eigenvalue weighted by molar-refractivity contribution is 7.88. The van der Waals surface area contributed by atoms with E-state index < -0.39 is 15.9 Å². The molecule has 2 aromatic carbocycles. The van der Waals surface area contributed by atoms with Gasteiger partial charge in [-0.05, 0) is 36.2 Å². The summed E-state index contributed by atoms with van der Waals surface area (Å²) in [5.41, 5.74) is 1.51. The molecule has 0 fully saturated rings. The molecule has 2 rings (SSSR count). The lowest BCUT2D eigenvalue weighted by atomic mass is 10.2. The Balaban J connectivity index is 2.00. The van der Waals surface area contributed by atoms with Crippen molar-refractivity contribution in [1.29, 1.82) is 0 Å². The summed E-state index contributed by atoms with van der Waals surface area (Å²) in [6, 6.07) is 14.3. The van der Waals surface area contributed by atoms with Crippen molar-refractivity contribution in [3.63, 3.8) is 0 Å². The van der Waals surface area contributed by atoms with Crippen molar-refractivity contribution in [2.24, 2.45) is 0 Å². The first-order valence-corrected chi connectivity index (χ1v) is 10.7. The lowest BCUT2D eigenvalue weighted by molar-refractivity contribution is -0.121. The van der Waals surface area contributed by atoms with Crippen LogP contribution in [0.5, 0.6) is 5.75 Å². The number of hydrogen-bond acceptors (Lipinski definition) is 4. The highest BCUT2D eigenvalue weighted by atomic mass is 35.5. The summed E-state index contributed by atoms with van der Waals surface area (Å²) < 4.78 is 30.6. The minimum absolute atomic E-state index is 0.0335. The van der Waals surface area contributed by atoms with E-state index in [9.17, 15) is 13.2 Å². The third kappa shape index (κ3) is 6.86. The summed E-state index contributed by atoms with van der Waals surface area (Å²) in [5, 5.41) is 3.20. The summed E-state index contributed by atoms with van der Waals surface area (Å²) in [6.07, 6.45) is 1.07. The zero-order valence-corrected chi connectivity index (χ0v) is 16.9. The summed E-state index contributed by atoms with van der Waals surface area (Å²) in [6.45, 7) is 2.48. The summed E-state index contributed by atoms with van der Waals surface area (Å²) in [4.78, 5) is 12.3. The van der Waals surface area contributed by atoms with Gasteiger partial charge in [0, 0.05) is 18.1 Å². The van der Waals surface area contributed by atoms with E-state index in [0.717, 1.165) is 21.9 Å². The van der Waals surface area contributed by atoms with Crippen LogP contribution >= 0.6 is 11.6 Å². The molecule has 0 aromatic heterocycles. The average Bonchev–Trinajstić information content (AvgIpc) is 2.61. The molecule has 6 nitrogen and oxygen atoms in total. The van der Waals surface area contributed by atoms with Crippen LogP contribution in [0.25, 0.3) is 0 Å². The lowest BCUT2D eigenvalue weighted by Crippen LogP contribution is -2.39. The predicted molar refractivity (Wildman–Crippen MR) is 106 cm³/mol. The molecule has 0 heterocycles. The Kier molecular flexibility index (Phi) is 7.65. The van der Waals surface area contributed by atoms with Crippen LogP contribution in [0, 0.1) is 0 Å². The maximum Gasteiger partial charge on any atom is 0.235 e. The van der Waals surface area contributed by atoms with E-state index in [4.69, 9.17) is 16.3 Å². The molecular formula is C19H23ClN2O4S. The molecule has 0 spiro atoms. The standard InChI is InChI=1S/C19H23ClN2O4S/c1-3-26-17-9-6-7-15(11-17)12-21-19(23)14-22(27(2,24)25)13-16-8-4-5-10-18(16)20/h4-11H,3,12-14H2,1-2H3,(H,21,23). The number of sulfonamides is 1. The molecular weight excluding hydrogens is 388 g/mol. The van der Waals surface area contributed by atoms with Gasteiger partial charge in [0.15, 0.2) is 0 Å². The first kappa shape index (κ1) is 21.2. The Morgan fingerprint density at radius 3 is 2.59 bits per heavy atom. The monoisotopic (exact) mass is 410 g/mol. The van der Waals surface area contributed by atoms with Gasteiger partial charge in [0.2, 0.25) is 15.9 Å². The molecule has 0 aliphatic rings. The van der Waals surface area contributed by atoms with Crippen molar-refractivity contribution < 1.29 is 17.9 Å². The van der Waals surface area contributed by atoms with Gasteiger partial charge in [0.25, 0.3) is 0 Å². The first-order valence-electron chi connectivity index (χ1n) is 8.46. The van der Waals surface area contributed by atoms with E-state index in [1.165, 1.54) is 0 Å². The quantitative estimate of drug-likeness (QED) is 0.689. The number of amides is 1. The molecule has 0 aliphatic heterocycles. The molecule has 0 saturated carbocycles. The predicted octanol–water partition coefficient (Wildman–Crippen LogP) is 2.82. The zero-order valence-electron chi connectivity index (χ0n) is 15.3. The number of nitrogens with one attached hydrogen (secondary N) is 1. The fourth-order valence-electron chi connectivity index (χ4n) is 2.44. The van der Waals surface area contributed by atoms with Gasteiger partial charge in [-0.3, -0.25) is 4.79 Å². The normalized spacial score (nSPS) is 11.4. The van der Waals surface area contributed by atoms with Crippen molar-refractivity contribution in [2.75, 3.05) is 19.4 Å². The smallest absolute Gasteiger partial charge is 0.235 e. The molecule has 27 heavy (non-hydrogen) atoms. The van der Waals surface area contributed by atoms with Crippen LogP contribution in [0.4, 0.5) is 0 Å². The first-order chi connectivity index (χ1) is 12.8. The number of carbonyl (C=O) groups excluding carboxylic acids is 1. The topological polar surface area (TPSA) is 75.7 Å². The second-order valence-electron chi connectivity index (χ2n) is 5.98. The van der Waals surface area contributed by atoms with Crippen molar-refractivity contribution in [1.82, 2.24) is 9.62 Å². The van der Waals surface area contributed by atoms with Crippen LogP contribution in [0.1, 0.15) is 18.1 Å². The van der Waals surface area contributed by atoms with E-state index in [1.54, 1.807) is 24.3 Å². The fourth-order valence-corrected chi connectivity index (χ4v) is 3.36. The van der Waals surface area contributed by atoms with Gasteiger partial charge >= 0.3 is 0 Å². The van der Waals surface area contributed by atoms with E-state index in [1.807, 2.05) is 31.2 Å². The SMILES string of the molecule is CCOc1cccc(CNC(=O)CN(Cc2ccccc2Cl)S(C)(=O)=O)c1. The molecule has 146 valence electrons. The van der Waals surface area contributed by atoms with Crippen LogP contribution < -0.4 is 10.1 Å². The van der Waals surface area contributed by atoms with E-state index in [2.05, 4.69) is 5.32 Å². The Morgan fingerprint density at radius 1 is 1.19 bits per heavy atom. The maximum absolute atomic E-state index is 12.3. The average molecular weight is 411 g/mol. The highest BCUT2D eigenvalue weighted by Gasteiger charge is 2.21. The van der Waals surface area contributed by atoms with Gasteiger partial charge in [-0.15, -0.1) is 0 Å². The molecule has 8 heteroatoms. The van der Waals surface area contributed by atoms with Gasteiger partial charge < -0.3 is 10.1 Å². The van der Waals surface area contributed by atoms with Crippen molar-refractivity contribution >= 4 is 27.5 Å². The Morgan fingerprint density at radius 2 is 1.93 bits per heavy atom. The maximum atomic E-state index is 12.3. The second-order valence-corrected chi connectivity index (χ2v) is 8.37. The molecule has 1 amide bonds. The molecule has 1 N–H and O–H groups in total. The van der Waals surface area contributed by atoms with Crippen LogP contribution in [0.3, 0.4) is 0 Å². The third-order valence-electron chi connectivity index (χ3n) is 3.79. The number of nitrogens with zero attached hydrogens (tertiary/aromatic N) is 1. The van der Waals surface area contributed by atoms with Gasteiger partial charge in [-0.2, -0.15) is 4.31 Å². The number of carbonyl (C=O) groups is 1. The molecule has 0 atom stereocenters. The summed E-state index contributed by atoms with van der Waals surface area (Å²) >= 11 is 6.10. The number of halogens is 1. The minimum Gasteiger partial charge on any atom is -0.494 e. The van der Waals surface area contributed by atoms with Crippen molar-refractivity contribution in [2.45, 2.75) is 20.0 Å². The largest absolute Gasteiger partial charge is 0.494 e.